The fourth-order valence-electron chi connectivity index (χ4n) is 3.45. The number of guanidine groups is 1. The predicted molar refractivity (Wildman–Crippen MR) is 103 cm³/mol. The highest BCUT2D eigenvalue weighted by Gasteiger charge is 2.21. The highest BCUT2D eigenvalue weighted by Crippen LogP contribution is 2.19. The number of aryl methyl sites for hydroxylation is 3. The van der Waals surface area contributed by atoms with Crippen molar-refractivity contribution in [2.75, 3.05) is 31.6 Å². The second kappa shape index (κ2) is 8.25. The molecule has 1 fully saturated rings. The molecule has 0 spiro atoms. The average Bonchev–Trinajstić information content (AvgIpc) is 3.21. The number of hydrogen-bond donors (Lipinski definition) is 2. The molecular formula is C18H29N7O. The highest BCUT2D eigenvalue weighted by molar-refractivity contribution is 5.80. The Balaban J connectivity index is 1.50. The zero-order valence-corrected chi connectivity index (χ0v) is 16.1. The molecular weight excluding hydrogens is 330 g/mol. The fraction of sp³-hybridized carbons (Fsp3) is 0.611. The van der Waals surface area contributed by atoms with Gasteiger partial charge in [-0.1, -0.05) is 5.16 Å². The van der Waals surface area contributed by atoms with Crippen LogP contribution in [0.3, 0.4) is 0 Å². The molecule has 0 amide bonds. The second-order valence-corrected chi connectivity index (χ2v) is 6.85. The zero-order valence-electron chi connectivity index (χ0n) is 16.1. The highest BCUT2D eigenvalue weighted by atomic mass is 16.5. The van der Waals surface area contributed by atoms with Crippen molar-refractivity contribution in [1.29, 1.82) is 0 Å². The monoisotopic (exact) mass is 359 g/mol. The number of aromatic nitrogens is 3. The van der Waals surface area contributed by atoms with Crippen LogP contribution in [-0.2, 0) is 13.5 Å². The topological polar surface area (TPSA) is 83.5 Å². The molecule has 2 aromatic rings. The van der Waals surface area contributed by atoms with Gasteiger partial charge in [0, 0.05) is 51.5 Å². The van der Waals surface area contributed by atoms with E-state index in [1.807, 2.05) is 38.8 Å². The summed E-state index contributed by atoms with van der Waals surface area (Å²) in [5, 5.41) is 15.2. The van der Waals surface area contributed by atoms with E-state index in [4.69, 9.17) is 4.52 Å². The summed E-state index contributed by atoms with van der Waals surface area (Å²) in [6, 6.07) is 0.370. The van der Waals surface area contributed by atoms with Gasteiger partial charge in [0.15, 0.2) is 5.96 Å². The maximum Gasteiger partial charge on any atom is 0.191 e. The first-order valence-electron chi connectivity index (χ1n) is 9.19. The van der Waals surface area contributed by atoms with Crippen molar-refractivity contribution in [3.63, 3.8) is 0 Å². The van der Waals surface area contributed by atoms with Crippen LogP contribution in [0.25, 0.3) is 0 Å². The maximum absolute atomic E-state index is 5.22. The number of aliphatic imine (C=N–C) groups is 1. The quantitative estimate of drug-likeness (QED) is 0.620. The molecule has 1 saturated heterocycles. The Morgan fingerprint density at radius 2 is 2.27 bits per heavy atom. The Morgan fingerprint density at radius 1 is 1.42 bits per heavy atom. The standard InChI is InChI=1S/C18H29N7O/c1-13-17(14(2)26-23-13)7-8-20-18(19-3)22-15-6-5-9-25(11-15)16-10-21-24(4)12-16/h10,12,15H,5-9,11H2,1-4H3,(H2,19,20,22). The van der Waals surface area contributed by atoms with Crippen molar-refractivity contribution in [3.05, 3.63) is 29.4 Å². The molecule has 142 valence electrons. The van der Waals surface area contributed by atoms with Gasteiger partial charge in [-0.2, -0.15) is 5.10 Å². The minimum absolute atomic E-state index is 0.370. The fourth-order valence-corrected chi connectivity index (χ4v) is 3.45. The third-order valence-corrected chi connectivity index (χ3v) is 4.89. The first kappa shape index (κ1) is 18.3. The van der Waals surface area contributed by atoms with Crippen molar-refractivity contribution in [1.82, 2.24) is 25.6 Å². The van der Waals surface area contributed by atoms with E-state index in [9.17, 15) is 0 Å². The molecule has 8 heteroatoms. The van der Waals surface area contributed by atoms with Crippen molar-refractivity contribution < 1.29 is 4.52 Å². The summed E-state index contributed by atoms with van der Waals surface area (Å²) in [5.41, 5.74) is 3.32. The lowest BCUT2D eigenvalue weighted by atomic mass is 10.1. The Hall–Kier alpha value is -2.51. The molecule has 0 saturated carbocycles. The van der Waals surface area contributed by atoms with E-state index < -0.39 is 0 Å². The van der Waals surface area contributed by atoms with Gasteiger partial charge in [-0.3, -0.25) is 9.67 Å². The van der Waals surface area contributed by atoms with Gasteiger partial charge in [0.05, 0.1) is 17.6 Å². The van der Waals surface area contributed by atoms with Crippen molar-refractivity contribution in [2.24, 2.45) is 12.0 Å². The second-order valence-electron chi connectivity index (χ2n) is 6.85. The average molecular weight is 359 g/mol. The van der Waals surface area contributed by atoms with Gasteiger partial charge in [-0.05, 0) is 33.1 Å². The summed E-state index contributed by atoms with van der Waals surface area (Å²) in [5.74, 6) is 1.74. The summed E-state index contributed by atoms with van der Waals surface area (Å²) in [6.07, 6.45) is 7.16. The van der Waals surface area contributed by atoms with E-state index >= 15 is 0 Å². The molecule has 1 atom stereocenters. The summed E-state index contributed by atoms with van der Waals surface area (Å²) in [7, 11) is 3.76. The Morgan fingerprint density at radius 3 is 2.92 bits per heavy atom. The first-order chi connectivity index (χ1) is 12.6. The Labute approximate surface area is 154 Å². The van der Waals surface area contributed by atoms with Gasteiger partial charge in [0.1, 0.15) is 5.76 Å². The maximum atomic E-state index is 5.22. The van der Waals surface area contributed by atoms with Crippen LogP contribution in [0.5, 0.6) is 0 Å². The van der Waals surface area contributed by atoms with E-state index in [-0.39, 0.29) is 0 Å². The van der Waals surface area contributed by atoms with Gasteiger partial charge >= 0.3 is 0 Å². The van der Waals surface area contributed by atoms with Gasteiger partial charge in [0.25, 0.3) is 0 Å². The number of anilines is 1. The van der Waals surface area contributed by atoms with E-state index in [2.05, 4.69) is 37.0 Å². The minimum atomic E-state index is 0.370. The van der Waals surface area contributed by atoms with Gasteiger partial charge in [-0.15, -0.1) is 0 Å². The Bertz CT molecular complexity index is 729. The number of piperidine rings is 1. The van der Waals surface area contributed by atoms with E-state index in [0.29, 0.717) is 6.04 Å². The van der Waals surface area contributed by atoms with Crippen LogP contribution in [0.1, 0.15) is 29.9 Å². The number of nitrogens with zero attached hydrogens (tertiary/aromatic N) is 5. The third-order valence-electron chi connectivity index (χ3n) is 4.89. The molecule has 2 aromatic heterocycles. The number of rotatable bonds is 5. The van der Waals surface area contributed by atoms with Crippen molar-refractivity contribution >= 4 is 11.6 Å². The largest absolute Gasteiger partial charge is 0.367 e. The van der Waals surface area contributed by atoms with Crippen LogP contribution in [-0.4, -0.2) is 53.6 Å². The van der Waals surface area contributed by atoms with E-state index in [1.165, 1.54) is 11.3 Å². The van der Waals surface area contributed by atoms with Crippen molar-refractivity contribution in [2.45, 2.75) is 39.2 Å². The van der Waals surface area contributed by atoms with Crippen LogP contribution in [0.2, 0.25) is 0 Å². The third kappa shape index (κ3) is 4.36. The first-order valence-corrected chi connectivity index (χ1v) is 9.19. The molecule has 0 bridgehead atoms. The summed E-state index contributed by atoms with van der Waals surface area (Å²) in [4.78, 5) is 6.75. The van der Waals surface area contributed by atoms with E-state index in [1.54, 1.807) is 0 Å². The molecule has 0 radical (unpaired) electrons. The van der Waals surface area contributed by atoms with Gasteiger partial charge in [0.2, 0.25) is 0 Å². The van der Waals surface area contributed by atoms with Crippen LogP contribution >= 0.6 is 0 Å². The molecule has 8 nitrogen and oxygen atoms in total. The summed E-state index contributed by atoms with van der Waals surface area (Å²) < 4.78 is 7.07. The Kier molecular flexibility index (Phi) is 5.80. The minimum Gasteiger partial charge on any atom is -0.367 e. The normalized spacial score (nSPS) is 18.2. The molecule has 26 heavy (non-hydrogen) atoms. The summed E-state index contributed by atoms with van der Waals surface area (Å²) >= 11 is 0. The molecule has 1 aliphatic rings. The van der Waals surface area contributed by atoms with Gasteiger partial charge in [-0.25, -0.2) is 0 Å². The van der Waals surface area contributed by atoms with Crippen LogP contribution in [0.15, 0.2) is 21.9 Å². The van der Waals surface area contributed by atoms with Gasteiger partial charge < -0.3 is 20.1 Å². The molecule has 2 N–H and O–H groups in total. The van der Waals surface area contributed by atoms with Crippen LogP contribution in [0.4, 0.5) is 5.69 Å². The smallest absolute Gasteiger partial charge is 0.191 e. The molecule has 0 aliphatic carbocycles. The number of nitrogens with one attached hydrogen (secondary N) is 2. The lowest BCUT2D eigenvalue weighted by Gasteiger charge is -2.34. The molecule has 3 rings (SSSR count). The molecule has 1 unspecified atom stereocenters. The predicted octanol–water partition coefficient (Wildman–Crippen LogP) is 1.40. The van der Waals surface area contributed by atoms with Crippen molar-refractivity contribution in [3.8, 4) is 0 Å². The summed E-state index contributed by atoms with van der Waals surface area (Å²) in [6.45, 7) is 6.76. The molecule has 0 aromatic carbocycles. The molecule has 3 heterocycles. The lowest BCUT2D eigenvalue weighted by molar-refractivity contribution is 0.392. The number of hydrogen-bond acceptors (Lipinski definition) is 5. The zero-order chi connectivity index (χ0) is 18.5. The SMILES string of the molecule is CN=C(NCCc1c(C)noc1C)NC1CCCN(c2cnn(C)c2)C1. The lowest BCUT2D eigenvalue weighted by Crippen LogP contribution is -2.51. The van der Waals surface area contributed by atoms with E-state index in [0.717, 1.165) is 56.3 Å². The molecule has 1 aliphatic heterocycles. The van der Waals surface area contributed by atoms with Crippen LogP contribution in [0, 0.1) is 13.8 Å². The van der Waals surface area contributed by atoms with Crippen LogP contribution < -0.4 is 15.5 Å².